The van der Waals surface area contributed by atoms with Crippen LogP contribution in [0.1, 0.15) is 85.5 Å². The van der Waals surface area contributed by atoms with Crippen molar-refractivity contribution < 1.29 is 27.9 Å². The van der Waals surface area contributed by atoms with Crippen molar-refractivity contribution >= 4 is 45.9 Å². The molecular weight excluding hydrogens is 799 g/mol. The number of alkyl halides is 2. The highest BCUT2D eigenvalue weighted by Crippen LogP contribution is 2.45. The number of aryl methyl sites for hydroxylation is 2. The molecule has 0 aliphatic carbocycles. The number of likely N-dealkylation sites (tertiary alicyclic amines) is 1. The van der Waals surface area contributed by atoms with E-state index in [1.807, 2.05) is 29.2 Å². The summed E-state index contributed by atoms with van der Waals surface area (Å²) in [6.45, 7) is 5.47. The smallest absolute Gasteiger partial charge is 0.329 e. The number of ether oxygens (including phenoxy) is 1. The molecule has 1 atom stereocenters. The molecule has 0 radical (unpaired) electrons. The van der Waals surface area contributed by atoms with Crippen LogP contribution in [0.5, 0.6) is 5.75 Å². The molecule has 1 unspecified atom stereocenters. The van der Waals surface area contributed by atoms with Crippen molar-refractivity contribution in [1.82, 2.24) is 43.4 Å². The molecule has 4 aromatic heterocycles. The van der Waals surface area contributed by atoms with Crippen molar-refractivity contribution in [1.29, 1.82) is 0 Å². The highest BCUT2D eigenvalue weighted by atomic mass is 19.3. The van der Waals surface area contributed by atoms with Gasteiger partial charge in [0.15, 0.2) is 5.82 Å². The van der Waals surface area contributed by atoms with Crippen LogP contribution >= 0.6 is 0 Å². The number of hydrogen-bond donors (Lipinski definition) is 1. The Bertz CT molecular complexity index is 2850. The minimum Gasteiger partial charge on any atom is -0.495 e. The zero-order valence-corrected chi connectivity index (χ0v) is 34.9. The Kier molecular flexibility index (Phi) is 9.95. The molecule has 15 nitrogen and oxygen atoms in total. The average Bonchev–Trinajstić information content (AvgIpc) is 3.96. The lowest BCUT2D eigenvalue weighted by molar-refractivity contribution is -0.135. The van der Waals surface area contributed by atoms with E-state index in [0.29, 0.717) is 72.7 Å². The van der Waals surface area contributed by atoms with E-state index in [0.717, 1.165) is 66.1 Å². The van der Waals surface area contributed by atoms with Gasteiger partial charge in [0, 0.05) is 100 Å². The number of nitrogens with zero attached hydrogens (tertiary/aromatic N) is 9. The lowest BCUT2D eigenvalue weighted by Gasteiger charge is -2.34. The summed E-state index contributed by atoms with van der Waals surface area (Å²) >= 11 is 0. The van der Waals surface area contributed by atoms with Crippen molar-refractivity contribution in [2.75, 3.05) is 38.2 Å². The van der Waals surface area contributed by atoms with Crippen LogP contribution in [0.25, 0.3) is 27.8 Å². The number of methoxy groups -OCH3 is 1. The zero-order chi connectivity index (χ0) is 43.0. The predicted octanol–water partition coefficient (Wildman–Crippen LogP) is 5.60. The molecule has 1 N–H and O–H groups in total. The molecule has 322 valence electrons. The number of benzene rings is 2. The molecule has 0 bridgehead atoms. The lowest BCUT2D eigenvalue weighted by atomic mass is 9.91. The van der Waals surface area contributed by atoms with Gasteiger partial charge in [-0.15, -0.1) is 0 Å². The van der Waals surface area contributed by atoms with Gasteiger partial charge in [-0.25, -0.2) is 18.6 Å². The number of rotatable bonds is 8. The van der Waals surface area contributed by atoms with Gasteiger partial charge in [-0.2, -0.15) is 5.10 Å². The van der Waals surface area contributed by atoms with Crippen LogP contribution in [0.15, 0.2) is 59.8 Å². The third kappa shape index (κ3) is 6.73. The maximum atomic E-state index is 15.1. The van der Waals surface area contributed by atoms with Crippen molar-refractivity contribution in [3.05, 3.63) is 93.4 Å². The number of carbonyl (C=O) groups is 3. The molecule has 62 heavy (non-hydrogen) atoms. The van der Waals surface area contributed by atoms with Gasteiger partial charge in [0.2, 0.25) is 17.7 Å². The van der Waals surface area contributed by atoms with Crippen LogP contribution in [0, 0.1) is 0 Å². The molecule has 3 amide bonds. The van der Waals surface area contributed by atoms with Gasteiger partial charge >= 0.3 is 5.69 Å². The van der Waals surface area contributed by atoms with Gasteiger partial charge in [-0.05, 0) is 79.1 Å². The number of pyridine rings is 1. The second kappa shape index (κ2) is 15.5. The molecule has 4 aliphatic heterocycles. The number of halogens is 2. The summed E-state index contributed by atoms with van der Waals surface area (Å²) in [5.41, 5.74) is 7.38. The second-order valence-electron chi connectivity index (χ2n) is 17.0. The van der Waals surface area contributed by atoms with Crippen molar-refractivity contribution in [3.8, 4) is 16.9 Å². The minimum absolute atomic E-state index is 0.0134. The highest BCUT2D eigenvalue weighted by molar-refractivity contribution is 6.00. The van der Waals surface area contributed by atoms with Crippen molar-refractivity contribution in [2.45, 2.75) is 83.5 Å². The third-order valence-corrected chi connectivity index (χ3v) is 13.4. The number of piperidine rings is 2. The van der Waals surface area contributed by atoms with Gasteiger partial charge < -0.3 is 18.9 Å². The van der Waals surface area contributed by atoms with Gasteiger partial charge in [0.05, 0.1) is 36.9 Å². The van der Waals surface area contributed by atoms with Gasteiger partial charge in [0.25, 0.3) is 6.43 Å². The molecule has 6 aromatic rings. The Balaban J connectivity index is 0.929. The van der Waals surface area contributed by atoms with Crippen LogP contribution in [0.4, 0.5) is 20.3 Å². The average molecular weight is 847 g/mol. The Morgan fingerprint density at radius 2 is 1.79 bits per heavy atom. The second-order valence-corrected chi connectivity index (χ2v) is 17.0. The van der Waals surface area contributed by atoms with Crippen LogP contribution < -0.4 is 20.6 Å². The number of aromatic nitrogens is 6. The van der Waals surface area contributed by atoms with Gasteiger partial charge in [-0.3, -0.25) is 38.4 Å². The fraction of sp³-hybridized carbons (Fsp3) is 0.422. The Morgan fingerprint density at radius 1 is 0.968 bits per heavy atom. The van der Waals surface area contributed by atoms with Crippen LogP contribution in [0.2, 0.25) is 0 Å². The summed E-state index contributed by atoms with van der Waals surface area (Å²) in [5, 5.41) is 7.71. The number of anilines is 2. The Hall–Kier alpha value is -6.36. The molecule has 2 aromatic carbocycles. The van der Waals surface area contributed by atoms with Crippen molar-refractivity contribution in [3.63, 3.8) is 0 Å². The largest absolute Gasteiger partial charge is 0.495 e. The number of imide groups is 1. The molecule has 2 fully saturated rings. The minimum atomic E-state index is -2.75. The van der Waals surface area contributed by atoms with Gasteiger partial charge in [0.1, 0.15) is 17.4 Å². The van der Waals surface area contributed by atoms with E-state index in [9.17, 15) is 19.2 Å². The molecule has 2 saturated heterocycles. The quantitative estimate of drug-likeness (QED) is 0.194. The third-order valence-electron chi connectivity index (χ3n) is 13.4. The lowest BCUT2D eigenvalue weighted by Crippen LogP contribution is -2.44. The summed E-state index contributed by atoms with van der Waals surface area (Å²) in [6, 6.07) is 10.6. The maximum Gasteiger partial charge on any atom is 0.329 e. The standard InChI is InChI=1S/C45H48F2N10O5/c1-26(58)53-17-12-34-33(24-53)43(55-14-4-5-28-20-30(32(42(46)47)21-37(28)55)31-22-40-48-13-18-54(40)25-39(31)62-3)50-57(34)29-10-15-52(16-11-29)23-27-6-7-35-38(19-27)51(2)45(61)56(35)36-8-9-41(59)49-44(36)60/h6-7,13,18-22,25,29,36,42H,4-5,8-12,14-17,23-24H2,1-3H3,(H,49,59,60). The fourth-order valence-corrected chi connectivity index (χ4v) is 10.1. The normalized spacial score (nSPS) is 18.8. The van der Waals surface area contributed by atoms with Crippen LogP contribution in [0.3, 0.4) is 0 Å². The molecule has 8 heterocycles. The van der Waals surface area contributed by atoms with E-state index in [-0.39, 0.29) is 42.0 Å². The number of nitrogens with one attached hydrogen (secondary N) is 1. The number of carbonyl (C=O) groups excluding carboxylic acids is 3. The number of imidazole rings is 2. The maximum absolute atomic E-state index is 15.1. The predicted molar refractivity (Wildman–Crippen MR) is 227 cm³/mol. The van der Waals surface area contributed by atoms with E-state index < -0.39 is 18.4 Å². The number of fused-ring (bicyclic) bond motifs is 4. The van der Waals surface area contributed by atoms with E-state index in [1.54, 1.807) is 53.7 Å². The first-order valence-electron chi connectivity index (χ1n) is 21.3. The molecule has 0 saturated carbocycles. The summed E-state index contributed by atoms with van der Waals surface area (Å²) in [5.74, 6) is 0.404. The zero-order valence-electron chi connectivity index (χ0n) is 34.9. The summed E-state index contributed by atoms with van der Waals surface area (Å²) < 4.78 is 43.0. The fourth-order valence-electron chi connectivity index (χ4n) is 10.1. The first kappa shape index (κ1) is 39.8. The molecule has 4 aliphatic rings. The molecule has 17 heteroatoms. The monoisotopic (exact) mass is 846 g/mol. The van der Waals surface area contributed by atoms with E-state index >= 15 is 8.78 Å². The highest BCUT2D eigenvalue weighted by Gasteiger charge is 2.36. The first-order chi connectivity index (χ1) is 30.0. The van der Waals surface area contributed by atoms with Crippen molar-refractivity contribution in [2.24, 2.45) is 7.05 Å². The molecule has 10 rings (SSSR count). The van der Waals surface area contributed by atoms with E-state index in [1.165, 1.54) is 11.7 Å². The first-order valence-corrected chi connectivity index (χ1v) is 21.3. The SMILES string of the molecule is COc1cn2ccnc2cc1-c1cc2c(cc1C(F)F)N(c1nn(C3CCN(Cc4ccc5c(c4)n(C)c(=O)n5C4CCC(=O)NC4=O)CC3)c3c1CN(C(C)=O)CC3)CCC2. The van der Waals surface area contributed by atoms with E-state index in [4.69, 9.17) is 9.84 Å². The summed E-state index contributed by atoms with van der Waals surface area (Å²) in [6.07, 6.45) is 6.78. The number of amides is 3. The Morgan fingerprint density at radius 3 is 2.55 bits per heavy atom. The number of hydrogen-bond acceptors (Lipinski definition) is 9. The van der Waals surface area contributed by atoms with Crippen LogP contribution in [-0.4, -0.2) is 89.1 Å². The topological polar surface area (TPSA) is 144 Å². The summed E-state index contributed by atoms with van der Waals surface area (Å²) in [7, 11) is 3.24. The Labute approximate surface area is 355 Å². The molecule has 0 spiro atoms. The summed E-state index contributed by atoms with van der Waals surface area (Å²) in [4.78, 5) is 61.3. The van der Waals surface area contributed by atoms with E-state index in [2.05, 4.69) is 24.8 Å². The van der Waals surface area contributed by atoms with Gasteiger partial charge in [-0.1, -0.05) is 6.07 Å². The molecular formula is C45H48F2N10O5. The van der Waals surface area contributed by atoms with Crippen LogP contribution in [-0.2, 0) is 47.4 Å².